The Kier molecular flexibility index (Phi) is 7.44. The molecule has 144 valence electrons. The molecule has 2 aromatic rings. The molecule has 1 heterocycles. The highest BCUT2D eigenvalue weighted by atomic mass is 35.5. The van der Waals surface area contributed by atoms with Crippen LogP contribution in [-0.4, -0.2) is 46.8 Å². The summed E-state index contributed by atoms with van der Waals surface area (Å²) in [5.41, 5.74) is 0.390. The Morgan fingerprint density at radius 1 is 1.33 bits per heavy atom. The summed E-state index contributed by atoms with van der Waals surface area (Å²) in [7, 11) is 1.25. The van der Waals surface area contributed by atoms with Crippen molar-refractivity contribution < 1.29 is 14.3 Å². The number of hydrogen-bond donors (Lipinski definition) is 1. The molecule has 0 aliphatic heterocycles. The topological polar surface area (TPSA) is 90.3 Å². The third kappa shape index (κ3) is 5.33. The minimum Gasteiger partial charge on any atom is -0.467 e. The molecule has 1 N–H and O–H groups in total. The molecule has 0 aliphatic carbocycles. The number of amides is 1. The number of carbonyl (C=O) groups is 2. The smallest absolute Gasteiger partial charge is 0.328 e. The maximum atomic E-state index is 12.6. The summed E-state index contributed by atoms with van der Waals surface area (Å²) in [5, 5.41) is 7.29. The molecule has 0 spiro atoms. The van der Waals surface area contributed by atoms with E-state index in [4.69, 9.17) is 16.3 Å². The summed E-state index contributed by atoms with van der Waals surface area (Å²) in [6, 6.07) is 7.30. The van der Waals surface area contributed by atoms with E-state index in [1.54, 1.807) is 31.2 Å². The largest absolute Gasteiger partial charge is 0.467 e. The molecular weight excluding hydrogens is 390 g/mol. The van der Waals surface area contributed by atoms with Crippen LogP contribution in [0.25, 0.3) is 5.69 Å². The van der Waals surface area contributed by atoms with Crippen LogP contribution in [0, 0.1) is 6.92 Å². The molecular formula is C18H20ClN3O4S. The summed E-state index contributed by atoms with van der Waals surface area (Å²) >= 11 is 7.43. The van der Waals surface area contributed by atoms with Crippen LogP contribution in [0.1, 0.15) is 22.6 Å². The highest BCUT2D eigenvalue weighted by Crippen LogP contribution is 2.14. The van der Waals surface area contributed by atoms with E-state index in [0.29, 0.717) is 28.6 Å². The predicted molar refractivity (Wildman–Crippen MR) is 106 cm³/mol. The van der Waals surface area contributed by atoms with Gasteiger partial charge in [-0.05, 0) is 49.6 Å². The van der Waals surface area contributed by atoms with Crippen molar-refractivity contribution >= 4 is 35.2 Å². The molecule has 0 saturated heterocycles. The highest BCUT2D eigenvalue weighted by molar-refractivity contribution is 7.98. The van der Waals surface area contributed by atoms with Crippen LogP contribution >= 0.6 is 23.4 Å². The normalized spacial score (nSPS) is 11.7. The van der Waals surface area contributed by atoms with Crippen LogP contribution in [0.5, 0.6) is 0 Å². The first-order chi connectivity index (χ1) is 12.9. The lowest BCUT2D eigenvalue weighted by Gasteiger charge is -2.16. The number of aryl methyl sites for hydroxylation is 1. The van der Waals surface area contributed by atoms with Crippen molar-refractivity contribution in [3.8, 4) is 5.69 Å². The Morgan fingerprint density at radius 2 is 2.00 bits per heavy atom. The predicted octanol–water partition coefficient (Wildman–Crippen LogP) is 2.22. The fourth-order valence-electron chi connectivity index (χ4n) is 2.40. The van der Waals surface area contributed by atoms with Gasteiger partial charge < -0.3 is 10.1 Å². The Balaban J connectivity index is 2.35. The van der Waals surface area contributed by atoms with Crippen molar-refractivity contribution in [2.24, 2.45) is 0 Å². The van der Waals surface area contributed by atoms with Crippen molar-refractivity contribution in [2.45, 2.75) is 19.4 Å². The molecule has 0 unspecified atom stereocenters. The molecule has 0 aliphatic rings. The number of thioether (sulfide) groups is 1. The van der Waals surface area contributed by atoms with E-state index in [1.807, 2.05) is 6.26 Å². The number of ether oxygens (including phenoxy) is 1. The first-order valence-electron chi connectivity index (χ1n) is 8.12. The molecule has 0 fully saturated rings. The lowest BCUT2D eigenvalue weighted by atomic mass is 10.2. The minimum absolute atomic E-state index is 0.298. The Hall–Kier alpha value is -2.32. The van der Waals surface area contributed by atoms with Crippen molar-refractivity contribution in [1.82, 2.24) is 15.1 Å². The SMILES string of the molecule is COC(=O)[C@@H](CCSC)NC(=O)c1nn(-c2ccc(Cl)cc2)c(C)cc1=O. The van der Waals surface area contributed by atoms with Crippen LogP contribution in [0.4, 0.5) is 0 Å². The Morgan fingerprint density at radius 3 is 2.59 bits per heavy atom. The number of nitrogens with one attached hydrogen (secondary N) is 1. The maximum Gasteiger partial charge on any atom is 0.328 e. The van der Waals surface area contributed by atoms with E-state index in [1.165, 1.54) is 29.6 Å². The number of nitrogens with zero attached hydrogens (tertiary/aromatic N) is 2. The number of rotatable bonds is 7. The number of esters is 1. The van der Waals surface area contributed by atoms with Gasteiger partial charge in [0.25, 0.3) is 5.91 Å². The van der Waals surface area contributed by atoms with Gasteiger partial charge in [-0.25, -0.2) is 9.48 Å². The van der Waals surface area contributed by atoms with E-state index in [2.05, 4.69) is 10.4 Å². The first kappa shape index (κ1) is 21.0. The van der Waals surface area contributed by atoms with Gasteiger partial charge >= 0.3 is 5.97 Å². The van der Waals surface area contributed by atoms with E-state index >= 15 is 0 Å². The van der Waals surface area contributed by atoms with Crippen molar-refractivity contribution in [3.63, 3.8) is 0 Å². The van der Waals surface area contributed by atoms with Crippen LogP contribution in [-0.2, 0) is 9.53 Å². The monoisotopic (exact) mass is 409 g/mol. The van der Waals surface area contributed by atoms with Crippen LogP contribution < -0.4 is 10.7 Å². The molecule has 2 rings (SSSR count). The maximum absolute atomic E-state index is 12.6. The second-order valence-electron chi connectivity index (χ2n) is 5.72. The number of benzene rings is 1. The Bertz CT molecular complexity index is 883. The fourth-order valence-corrected chi connectivity index (χ4v) is 3.00. The lowest BCUT2D eigenvalue weighted by molar-refractivity contribution is -0.142. The lowest BCUT2D eigenvalue weighted by Crippen LogP contribution is -2.44. The number of carbonyl (C=O) groups excluding carboxylic acids is 2. The fraction of sp³-hybridized carbons (Fsp3) is 0.333. The van der Waals surface area contributed by atoms with Gasteiger partial charge in [0.15, 0.2) is 5.69 Å². The molecule has 0 saturated carbocycles. The molecule has 7 nitrogen and oxygen atoms in total. The van der Waals surface area contributed by atoms with E-state index < -0.39 is 23.3 Å². The van der Waals surface area contributed by atoms with Crippen molar-refractivity contribution in [1.29, 1.82) is 0 Å². The zero-order chi connectivity index (χ0) is 20.0. The molecule has 0 radical (unpaired) electrons. The quantitative estimate of drug-likeness (QED) is 0.705. The zero-order valence-corrected chi connectivity index (χ0v) is 16.8. The third-order valence-corrected chi connectivity index (χ3v) is 4.69. The number of halogens is 1. The molecule has 1 aromatic carbocycles. The average Bonchev–Trinajstić information content (AvgIpc) is 2.65. The van der Waals surface area contributed by atoms with Gasteiger partial charge in [-0.1, -0.05) is 11.6 Å². The van der Waals surface area contributed by atoms with E-state index in [0.717, 1.165) is 0 Å². The van der Waals surface area contributed by atoms with Gasteiger partial charge in [-0.2, -0.15) is 16.9 Å². The van der Waals surface area contributed by atoms with Crippen LogP contribution in [0.2, 0.25) is 5.02 Å². The standard InChI is InChI=1S/C18H20ClN3O4S/c1-11-10-15(23)16(21-22(11)13-6-4-12(19)5-7-13)17(24)20-14(8-9-27-3)18(25)26-2/h4-7,10,14H,8-9H2,1-3H3,(H,20,24)/t14-/m1/s1. The van der Waals surface area contributed by atoms with Crippen molar-refractivity contribution in [2.75, 3.05) is 19.1 Å². The molecule has 1 amide bonds. The van der Waals surface area contributed by atoms with Gasteiger partial charge in [-0.15, -0.1) is 0 Å². The van der Waals surface area contributed by atoms with Gasteiger partial charge in [0.2, 0.25) is 5.43 Å². The summed E-state index contributed by atoms with van der Waals surface area (Å²) in [5.74, 6) is -0.641. The molecule has 27 heavy (non-hydrogen) atoms. The number of hydrogen-bond acceptors (Lipinski definition) is 6. The van der Waals surface area contributed by atoms with Crippen molar-refractivity contribution in [3.05, 3.63) is 57.0 Å². The number of aromatic nitrogens is 2. The summed E-state index contributed by atoms with van der Waals surface area (Å²) < 4.78 is 6.19. The second-order valence-corrected chi connectivity index (χ2v) is 7.14. The minimum atomic E-state index is -0.846. The zero-order valence-electron chi connectivity index (χ0n) is 15.2. The van der Waals surface area contributed by atoms with Gasteiger partial charge in [0, 0.05) is 16.8 Å². The van der Waals surface area contributed by atoms with Crippen LogP contribution in [0.15, 0.2) is 35.1 Å². The third-order valence-electron chi connectivity index (χ3n) is 3.80. The summed E-state index contributed by atoms with van der Waals surface area (Å²) in [4.78, 5) is 36.7. The van der Waals surface area contributed by atoms with Crippen LogP contribution in [0.3, 0.4) is 0 Å². The van der Waals surface area contributed by atoms with Gasteiger partial charge in [-0.3, -0.25) is 9.59 Å². The Labute approximate surface area is 166 Å². The van der Waals surface area contributed by atoms with Gasteiger partial charge in [0.1, 0.15) is 6.04 Å². The second kappa shape index (κ2) is 9.57. The van der Waals surface area contributed by atoms with E-state index in [-0.39, 0.29) is 5.69 Å². The van der Waals surface area contributed by atoms with Gasteiger partial charge in [0.05, 0.1) is 12.8 Å². The molecule has 1 aromatic heterocycles. The summed E-state index contributed by atoms with van der Waals surface area (Å²) in [6.07, 6.45) is 2.28. The number of methoxy groups -OCH3 is 1. The molecule has 1 atom stereocenters. The highest BCUT2D eigenvalue weighted by Gasteiger charge is 2.24. The first-order valence-corrected chi connectivity index (χ1v) is 9.89. The molecule has 9 heteroatoms. The summed E-state index contributed by atoms with van der Waals surface area (Å²) in [6.45, 7) is 1.71. The average molecular weight is 410 g/mol. The molecule has 0 bridgehead atoms. The van der Waals surface area contributed by atoms with E-state index in [9.17, 15) is 14.4 Å².